The standard InChI is InChI=1S/C45H28O/c1-2-12-33-31(10-1)26-32-11-9-18-39(44(32)33)45-37-16-5-3-14-35(37)43(36-15-4-6-17-38(36)45)29-22-20-28(21-23-29)30-24-25-42-40(27-30)34-13-7-8-19-41(34)46-42/h1-25,27H,26H2/i1D,2D,3D,4D,5D,6D,7D,8D,9D,10D,11D,12D,13D,14D,15D,16D,17D,18D,19D,20D,21D,22D,23D,24D,25D,26D2,27D. The van der Waals surface area contributed by atoms with Gasteiger partial charge < -0.3 is 4.42 Å². The van der Waals surface area contributed by atoms with Crippen LogP contribution in [0.2, 0.25) is 0 Å². The molecule has 1 aliphatic rings. The molecule has 0 spiro atoms. The van der Waals surface area contributed by atoms with Crippen LogP contribution in [-0.4, -0.2) is 0 Å². The Balaban J connectivity index is 1.45. The highest BCUT2D eigenvalue weighted by atomic mass is 16.3. The van der Waals surface area contributed by atoms with E-state index in [0.29, 0.717) is 0 Å². The molecule has 214 valence electrons. The van der Waals surface area contributed by atoms with Crippen molar-refractivity contribution in [3.8, 4) is 44.5 Å². The predicted octanol–water partition coefficient (Wildman–Crippen LogP) is 12.5. The lowest BCUT2D eigenvalue weighted by Crippen LogP contribution is -1.93. The lowest BCUT2D eigenvalue weighted by Gasteiger charge is -2.20. The van der Waals surface area contributed by atoms with Crippen molar-refractivity contribution < 1.29 is 42.8 Å². The van der Waals surface area contributed by atoms with Gasteiger partial charge in [-0.05, 0) is 102 Å². The lowest BCUT2D eigenvalue weighted by molar-refractivity contribution is 0.669. The van der Waals surface area contributed by atoms with Crippen molar-refractivity contribution in [1.82, 2.24) is 0 Å². The van der Waals surface area contributed by atoms with Gasteiger partial charge in [-0.2, -0.15) is 0 Å². The Hall–Kier alpha value is -5.92. The molecular formula is C45H28O. The second-order valence-electron chi connectivity index (χ2n) is 10.1. The molecule has 8 aromatic carbocycles. The van der Waals surface area contributed by atoms with E-state index >= 15 is 0 Å². The van der Waals surface area contributed by atoms with Crippen LogP contribution < -0.4 is 0 Å². The van der Waals surface area contributed by atoms with E-state index in [0.717, 1.165) is 0 Å². The van der Waals surface area contributed by atoms with Gasteiger partial charge in [0.05, 0.1) is 35.6 Å². The van der Waals surface area contributed by atoms with Crippen LogP contribution >= 0.6 is 0 Å². The molecule has 0 N–H and O–H groups in total. The Morgan fingerprint density at radius 3 is 1.70 bits per heavy atom. The molecule has 0 saturated carbocycles. The minimum absolute atomic E-state index is 0.393. The van der Waals surface area contributed by atoms with E-state index in [2.05, 4.69) is 0 Å². The van der Waals surface area contributed by atoms with Gasteiger partial charge in [0, 0.05) is 13.5 Å². The van der Waals surface area contributed by atoms with Gasteiger partial charge in [-0.1, -0.05) is 139 Å². The fourth-order valence-electron chi connectivity index (χ4n) is 5.77. The Morgan fingerprint density at radius 1 is 0.391 bits per heavy atom. The summed E-state index contributed by atoms with van der Waals surface area (Å²) in [6.07, 6.45) is -3.03. The van der Waals surface area contributed by atoms with Crippen molar-refractivity contribution in [1.29, 1.82) is 0 Å². The van der Waals surface area contributed by atoms with Crippen molar-refractivity contribution in [3.05, 3.63) is 168 Å². The number of fused-ring (bicyclic) bond motifs is 8. The first kappa shape index (κ1) is 10.3. The van der Waals surface area contributed by atoms with Crippen molar-refractivity contribution in [3.63, 3.8) is 0 Å². The largest absolute Gasteiger partial charge is 0.456 e. The Bertz CT molecular complexity index is 4120. The first-order valence-corrected chi connectivity index (χ1v) is 13.7. The van der Waals surface area contributed by atoms with Crippen LogP contribution in [0.25, 0.3) is 88.0 Å². The van der Waals surface area contributed by atoms with E-state index in [1.54, 1.807) is 0 Å². The second-order valence-corrected chi connectivity index (χ2v) is 10.1. The molecule has 0 unspecified atom stereocenters. The number of benzene rings is 8. The lowest BCUT2D eigenvalue weighted by atomic mass is 9.83. The quantitative estimate of drug-likeness (QED) is 0.181. The highest BCUT2D eigenvalue weighted by Crippen LogP contribution is 2.49. The first-order valence-electron chi connectivity index (χ1n) is 27.7. The maximum atomic E-state index is 9.58. The molecule has 0 amide bonds. The zero-order valence-corrected chi connectivity index (χ0v) is 22.9. The van der Waals surface area contributed by atoms with Crippen molar-refractivity contribution in [2.45, 2.75) is 6.37 Å². The zero-order chi connectivity index (χ0) is 54.6. The monoisotopic (exact) mass is 612 g/mol. The zero-order valence-electron chi connectivity index (χ0n) is 50.9. The molecule has 10 rings (SSSR count). The summed E-state index contributed by atoms with van der Waals surface area (Å²) in [5.41, 5.74) is -8.53. The van der Waals surface area contributed by atoms with E-state index in [9.17, 15) is 16.4 Å². The van der Waals surface area contributed by atoms with E-state index in [1.165, 1.54) is 0 Å². The molecule has 1 heterocycles. The maximum Gasteiger partial charge on any atom is 0.135 e. The summed E-state index contributed by atoms with van der Waals surface area (Å²) in [4.78, 5) is 0. The molecule has 1 nitrogen and oxygen atoms in total. The number of furan rings is 1. The summed E-state index contributed by atoms with van der Waals surface area (Å²) in [7, 11) is 0. The van der Waals surface area contributed by atoms with E-state index in [-0.39, 0.29) is 0 Å². The number of hydrogen-bond donors (Lipinski definition) is 0. The third-order valence-electron chi connectivity index (χ3n) is 7.70. The van der Waals surface area contributed by atoms with Crippen LogP contribution in [-0.2, 0) is 6.37 Å². The van der Waals surface area contributed by atoms with Gasteiger partial charge in [0.25, 0.3) is 0 Å². The minimum Gasteiger partial charge on any atom is -0.456 e. The predicted molar refractivity (Wildman–Crippen MR) is 193 cm³/mol. The van der Waals surface area contributed by atoms with E-state index < -0.39 is 263 Å². The topological polar surface area (TPSA) is 13.1 Å². The van der Waals surface area contributed by atoms with Gasteiger partial charge in [-0.25, -0.2) is 0 Å². The molecule has 0 bridgehead atoms. The summed E-state index contributed by atoms with van der Waals surface area (Å²) in [5, 5.41) is -3.93. The Morgan fingerprint density at radius 2 is 0.935 bits per heavy atom. The van der Waals surface area contributed by atoms with Gasteiger partial charge in [0.1, 0.15) is 11.2 Å². The summed E-state index contributed by atoms with van der Waals surface area (Å²) in [6, 6.07) is -24.5. The summed E-state index contributed by atoms with van der Waals surface area (Å²) in [5.74, 6) is 0. The van der Waals surface area contributed by atoms with Crippen molar-refractivity contribution in [2.75, 3.05) is 0 Å². The molecule has 0 aliphatic heterocycles. The smallest absolute Gasteiger partial charge is 0.135 e. The van der Waals surface area contributed by atoms with Crippen LogP contribution in [0, 0.1) is 0 Å². The normalized spacial score (nSPS) is 21.9. The minimum atomic E-state index is -3.03. The van der Waals surface area contributed by atoms with Crippen LogP contribution in [0.3, 0.4) is 0 Å². The van der Waals surface area contributed by atoms with E-state index in [4.69, 9.17) is 26.3 Å². The Labute approximate surface area is 306 Å². The molecule has 9 aromatic rings. The highest BCUT2D eigenvalue weighted by molar-refractivity contribution is 6.22. The third kappa shape index (κ3) is 3.69. The molecule has 1 heteroatoms. The fourth-order valence-corrected chi connectivity index (χ4v) is 5.77. The van der Waals surface area contributed by atoms with E-state index in [1.807, 2.05) is 0 Å². The van der Waals surface area contributed by atoms with Crippen LogP contribution in [0.1, 0.15) is 49.5 Å². The summed E-state index contributed by atoms with van der Waals surface area (Å²) in [6.45, 7) is 0. The SMILES string of the molecule is [2H]c1c([2H])c([2H])c2c(c1[2H])-c1c(-c3c4c([2H])c([2H])c([2H])c([2H])c4c(-c4c([2H])c([2H])c(-c5c([2H])c([2H])c6oc7c([2H])c([2H])c([2H])c([2H])c7c6c5[2H])c([2H])c4[2H])c4c([2H])c([2H])c([2H])c([2H])c34)c([2H])c([2H])c([2H])c1C2([2H])[2H]. The van der Waals surface area contributed by atoms with Crippen LogP contribution in [0.4, 0.5) is 0 Å². The number of para-hydroxylation sites is 1. The molecule has 0 radical (unpaired) electrons. The van der Waals surface area contributed by atoms with Gasteiger partial charge >= 0.3 is 0 Å². The van der Waals surface area contributed by atoms with Crippen LogP contribution in [0.5, 0.6) is 0 Å². The first-order chi connectivity index (χ1) is 34.4. The average Bonchev–Trinajstić information content (AvgIpc) is 3.88. The van der Waals surface area contributed by atoms with Crippen molar-refractivity contribution in [2.24, 2.45) is 0 Å². The van der Waals surface area contributed by atoms with Gasteiger partial charge in [-0.3, -0.25) is 0 Å². The van der Waals surface area contributed by atoms with Gasteiger partial charge in [0.2, 0.25) is 0 Å². The fraction of sp³-hybridized carbons (Fsp3) is 0.0222. The molecular weight excluding hydrogens is 556 g/mol. The maximum absolute atomic E-state index is 9.58. The summed E-state index contributed by atoms with van der Waals surface area (Å²) < 4.78 is 258. The molecule has 1 aliphatic carbocycles. The average molecular weight is 613 g/mol. The third-order valence-corrected chi connectivity index (χ3v) is 7.70. The molecule has 0 atom stereocenters. The Kier molecular flexibility index (Phi) is 2.19. The molecule has 0 fully saturated rings. The van der Waals surface area contributed by atoms with Crippen molar-refractivity contribution >= 4 is 43.5 Å². The molecule has 0 saturated heterocycles. The number of rotatable bonds is 3. The van der Waals surface area contributed by atoms with Crippen LogP contribution in [0.15, 0.2) is 162 Å². The molecule has 1 aromatic heterocycles. The summed E-state index contributed by atoms with van der Waals surface area (Å²) >= 11 is 0. The molecule has 46 heavy (non-hydrogen) atoms. The number of hydrogen-bond acceptors (Lipinski definition) is 1. The second kappa shape index (κ2) is 9.79. The van der Waals surface area contributed by atoms with Gasteiger partial charge in [0.15, 0.2) is 0 Å². The highest BCUT2D eigenvalue weighted by Gasteiger charge is 2.24. The van der Waals surface area contributed by atoms with Gasteiger partial charge in [-0.15, -0.1) is 0 Å².